The molecular formula is C23H21F3N2O5S. The highest BCUT2D eigenvalue weighted by atomic mass is 32.2. The molecule has 7 nitrogen and oxygen atoms in total. The van der Waals surface area contributed by atoms with Crippen molar-refractivity contribution in [1.29, 1.82) is 0 Å². The van der Waals surface area contributed by atoms with E-state index < -0.39 is 33.0 Å². The number of alkyl halides is 3. The van der Waals surface area contributed by atoms with Gasteiger partial charge in [-0.2, -0.15) is 13.2 Å². The maximum Gasteiger partial charge on any atom is 0.416 e. The van der Waals surface area contributed by atoms with Crippen molar-refractivity contribution in [3.05, 3.63) is 93.4 Å². The number of pyridine rings is 1. The number of benzene rings is 2. The second kappa shape index (κ2) is 9.82. The van der Waals surface area contributed by atoms with Gasteiger partial charge in [-0.15, -0.1) is 0 Å². The van der Waals surface area contributed by atoms with Crippen LogP contribution in [0.1, 0.15) is 27.2 Å². The Morgan fingerprint density at radius 2 is 1.74 bits per heavy atom. The van der Waals surface area contributed by atoms with Gasteiger partial charge in [-0.25, -0.2) is 8.42 Å². The van der Waals surface area contributed by atoms with E-state index in [9.17, 15) is 31.2 Å². The zero-order valence-electron chi connectivity index (χ0n) is 18.2. The Kier molecular flexibility index (Phi) is 7.27. The summed E-state index contributed by atoms with van der Waals surface area (Å²) in [5.41, 5.74) is -1.22. The third-order valence-corrected chi connectivity index (χ3v) is 6.06. The van der Waals surface area contributed by atoms with Crippen molar-refractivity contribution in [2.45, 2.75) is 24.2 Å². The number of methoxy groups -OCH3 is 1. The summed E-state index contributed by atoms with van der Waals surface area (Å²) in [5.74, 6) is -0.734. The molecule has 0 aliphatic heterocycles. The zero-order valence-corrected chi connectivity index (χ0v) is 19.0. The highest BCUT2D eigenvalue weighted by Crippen LogP contribution is 2.30. The average molecular weight is 494 g/mol. The molecule has 2 aromatic carbocycles. The standard InChI is InChI=1S/C23H21F3N2O5S/c1-33-14-18-8-11-20(21(29)27-13-15-6-9-19(10-7-15)34(2,31)32)22(30)28(18)17-5-3-4-16(12-17)23(24,25)26/h3-12H,13-14H2,1-2H3,(H,27,29). The Balaban J connectivity index is 1.93. The normalized spacial score (nSPS) is 11.9. The first kappa shape index (κ1) is 25.2. The van der Waals surface area contributed by atoms with Crippen LogP contribution in [0.2, 0.25) is 0 Å². The van der Waals surface area contributed by atoms with E-state index in [0.717, 1.165) is 23.0 Å². The summed E-state index contributed by atoms with van der Waals surface area (Å²) >= 11 is 0. The SMILES string of the molecule is COCc1ccc(C(=O)NCc2ccc(S(C)(=O)=O)cc2)c(=O)n1-c1cccc(C(F)(F)F)c1. The van der Waals surface area contributed by atoms with Crippen LogP contribution in [0.4, 0.5) is 13.2 Å². The van der Waals surface area contributed by atoms with E-state index in [4.69, 9.17) is 4.74 Å². The van der Waals surface area contributed by atoms with Crippen LogP contribution in [-0.2, 0) is 33.9 Å². The van der Waals surface area contributed by atoms with Crippen molar-refractivity contribution in [3.8, 4) is 5.69 Å². The van der Waals surface area contributed by atoms with Gasteiger partial charge in [0.1, 0.15) is 5.56 Å². The number of amides is 1. The van der Waals surface area contributed by atoms with Crippen molar-refractivity contribution < 1.29 is 31.1 Å². The minimum atomic E-state index is -4.61. The number of carbonyl (C=O) groups excluding carboxylic acids is 1. The molecule has 0 radical (unpaired) electrons. The Labute approximate surface area is 193 Å². The maximum absolute atomic E-state index is 13.2. The van der Waals surface area contributed by atoms with Crippen LogP contribution >= 0.6 is 0 Å². The molecule has 0 bridgehead atoms. The molecule has 1 amide bonds. The smallest absolute Gasteiger partial charge is 0.378 e. The number of hydrogen-bond acceptors (Lipinski definition) is 5. The van der Waals surface area contributed by atoms with E-state index in [2.05, 4.69) is 5.32 Å². The zero-order chi connectivity index (χ0) is 25.1. The summed E-state index contributed by atoms with van der Waals surface area (Å²) in [7, 11) is -1.99. The molecule has 1 aromatic heterocycles. The Hall–Kier alpha value is -3.44. The first-order valence-electron chi connectivity index (χ1n) is 9.90. The second-order valence-corrected chi connectivity index (χ2v) is 9.47. The third kappa shape index (κ3) is 5.72. The van der Waals surface area contributed by atoms with Crippen LogP contribution in [0.5, 0.6) is 0 Å². The Morgan fingerprint density at radius 1 is 1.06 bits per heavy atom. The monoisotopic (exact) mass is 494 g/mol. The van der Waals surface area contributed by atoms with Gasteiger partial charge in [0.05, 0.1) is 22.8 Å². The van der Waals surface area contributed by atoms with Crippen molar-refractivity contribution in [1.82, 2.24) is 9.88 Å². The summed E-state index contributed by atoms with van der Waals surface area (Å²) in [6.45, 7) is -0.0637. The Morgan fingerprint density at radius 3 is 2.32 bits per heavy atom. The van der Waals surface area contributed by atoms with E-state index in [0.29, 0.717) is 5.56 Å². The minimum absolute atomic E-state index is 0.00565. The van der Waals surface area contributed by atoms with Gasteiger partial charge < -0.3 is 10.1 Å². The van der Waals surface area contributed by atoms with Gasteiger partial charge in [-0.05, 0) is 48.0 Å². The first-order valence-corrected chi connectivity index (χ1v) is 11.8. The number of halogens is 3. The summed E-state index contributed by atoms with van der Waals surface area (Å²) < 4.78 is 68.7. The van der Waals surface area contributed by atoms with E-state index in [1.807, 2.05) is 0 Å². The molecule has 180 valence electrons. The Bertz CT molecular complexity index is 1360. The lowest BCUT2D eigenvalue weighted by molar-refractivity contribution is -0.137. The van der Waals surface area contributed by atoms with Crippen LogP contribution in [-0.4, -0.2) is 32.3 Å². The van der Waals surface area contributed by atoms with Crippen LogP contribution in [0.3, 0.4) is 0 Å². The van der Waals surface area contributed by atoms with Crippen LogP contribution in [0.15, 0.2) is 70.4 Å². The number of ether oxygens (including phenoxy) is 1. The van der Waals surface area contributed by atoms with Gasteiger partial charge >= 0.3 is 6.18 Å². The van der Waals surface area contributed by atoms with Crippen LogP contribution in [0, 0.1) is 0 Å². The van der Waals surface area contributed by atoms with Crippen molar-refractivity contribution in [3.63, 3.8) is 0 Å². The topological polar surface area (TPSA) is 94.5 Å². The molecule has 0 aliphatic rings. The van der Waals surface area contributed by atoms with Gasteiger partial charge in [0, 0.05) is 25.6 Å². The van der Waals surface area contributed by atoms with Gasteiger partial charge in [-0.3, -0.25) is 14.2 Å². The molecule has 1 heterocycles. The van der Waals surface area contributed by atoms with Crippen molar-refractivity contribution >= 4 is 15.7 Å². The fraction of sp³-hybridized carbons (Fsp3) is 0.217. The largest absolute Gasteiger partial charge is 0.416 e. The number of hydrogen-bond donors (Lipinski definition) is 1. The molecular weight excluding hydrogens is 473 g/mol. The predicted octanol–water partition coefficient (Wildman–Crippen LogP) is 3.34. The lowest BCUT2D eigenvalue weighted by atomic mass is 10.1. The summed E-state index contributed by atoms with van der Waals surface area (Å²) in [5, 5.41) is 2.57. The highest BCUT2D eigenvalue weighted by molar-refractivity contribution is 7.90. The lowest BCUT2D eigenvalue weighted by Gasteiger charge is -2.16. The number of nitrogens with one attached hydrogen (secondary N) is 1. The van der Waals surface area contributed by atoms with Crippen molar-refractivity contribution in [2.24, 2.45) is 0 Å². The maximum atomic E-state index is 13.2. The van der Waals surface area contributed by atoms with Gasteiger partial charge in [-0.1, -0.05) is 18.2 Å². The number of carbonyl (C=O) groups is 1. The molecule has 0 fully saturated rings. The third-order valence-electron chi connectivity index (χ3n) is 4.94. The number of rotatable bonds is 7. The molecule has 0 unspecified atom stereocenters. The molecule has 0 aliphatic carbocycles. The van der Waals surface area contributed by atoms with Crippen LogP contribution < -0.4 is 10.9 Å². The number of sulfone groups is 1. The fourth-order valence-electron chi connectivity index (χ4n) is 3.25. The van der Waals surface area contributed by atoms with E-state index >= 15 is 0 Å². The van der Waals surface area contributed by atoms with Gasteiger partial charge in [0.15, 0.2) is 9.84 Å². The lowest BCUT2D eigenvalue weighted by Crippen LogP contribution is -2.33. The fourth-order valence-corrected chi connectivity index (χ4v) is 3.88. The molecule has 34 heavy (non-hydrogen) atoms. The molecule has 0 saturated heterocycles. The molecule has 0 spiro atoms. The number of nitrogens with zero attached hydrogens (tertiary/aromatic N) is 1. The minimum Gasteiger partial charge on any atom is -0.378 e. The molecule has 1 N–H and O–H groups in total. The molecule has 3 aromatic rings. The van der Waals surface area contributed by atoms with Crippen molar-refractivity contribution in [2.75, 3.05) is 13.4 Å². The quantitative estimate of drug-likeness (QED) is 0.544. The highest BCUT2D eigenvalue weighted by Gasteiger charge is 2.31. The van der Waals surface area contributed by atoms with E-state index in [1.54, 1.807) is 0 Å². The molecule has 0 saturated carbocycles. The first-order chi connectivity index (χ1) is 15.9. The second-order valence-electron chi connectivity index (χ2n) is 7.46. The number of aromatic nitrogens is 1. The summed E-state index contributed by atoms with van der Waals surface area (Å²) in [6, 6.07) is 12.8. The van der Waals surface area contributed by atoms with E-state index in [1.165, 1.54) is 55.6 Å². The molecule has 3 rings (SSSR count). The van der Waals surface area contributed by atoms with Gasteiger partial charge in [0.2, 0.25) is 0 Å². The molecule has 0 atom stereocenters. The predicted molar refractivity (Wildman–Crippen MR) is 118 cm³/mol. The van der Waals surface area contributed by atoms with Crippen LogP contribution in [0.25, 0.3) is 5.69 Å². The average Bonchev–Trinajstić information content (AvgIpc) is 2.77. The van der Waals surface area contributed by atoms with E-state index in [-0.39, 0.29) is 35.0 Å². The summed E-state index contributed by atoms with van der Waals surface area (Å²) in [6.07, 6.45) is -3.53. The summed E-state index contributed by atoms with van der Waals surface area (Å²) in [4.78, 5) is 26.0. The van der Waals surface area contributed by atoms with Gasteiger partial charge in [0.25, 0.3) is 11.5 Å². The molecule has 11 heteroatoms.